The maximum absolute atomic E-state index is 11.7. The first-order valence-electron chi connectivity index (χ1n) is 4.90. The first-order valence-corrected chi connectivity index (χ1v) is 4.90. The monoisotopic (exact) mass is 195 g/mol. The lowest BCUT2D eigenvalue weighted by molar-refractivity contribution is -0.159. The molecule has 0 spiro atoms. The summed E-state index contributed by atoms with van der Waals surface area (Å²) in [7, 11) is 0. The average Bonchev–Trinajstić information content (AvgIpc) is 2.47. The first-order chi connectivity index (χ1) is 6.44. The fraction of sp³-hybridized carbons (Fsp3) is 0.727. The number of carbonyl (C=O) groups is 1. The third-order valence-electron chi connectivity index (χ3n) is 2.10. The van der Waals surface area contributed by atoms with Crippen molar-refractivity contribution >= 4 is 5.97 Å². The maximum Gasteiger partial charge on any atom is 0.329 e. The van der Waals surface area contributed by atoms with Gasteiger partial charge in [0.25, 0.3) is 0 Å². The Morgan fingerprint density at radius 1 is 1.57 bits per heavy atom. The molecule has 0 amide bonds. The van der Waals surface area contributed by atoms with Crippen molar-refractivity contribution < 1.29 is 9.53 Å². The molecule has 1 saturated heterocycles. The third-order valence-corrected chi connectivity index (χ3v) is 2.10. The summed E-state index contributed by atoms with van der Waals surface area (Å²) in [5.41, 5.74) is -0.431. The molecule has 78 valence electrons. The number of likely N-dealkylation sites (tertiary alicyclic amines) is 1. The molecule has 0 saturated carbocycles. The van der Waals surface area contributed by atoms with Gasteiger partial charge in [-0.3, -0.25) is 0 Å². The van der Waals surface area contributed by atoms with Gasteiger partial charge in [0.2, 0.25) is 0 Å². The van der Waals surface area contributed by atoms with Gasteiger partial charge in [-0.2, -0.15) is 0 Å². The van der Waals surface area contributed by atoms with Crippen LogP contribution in [0.4, 0.5) is 0 Å². The molecule has 1 rings (SSSR count). The number of nitrogens with zero attached hydrogens (tertiary/aromatic N) is 1. The van der Waals surface area contributed by atoms with Gasteiger partial charge >= 0.3 is 5.97 Å². The van der Waals surface area contributed by atoms with E-state index in [1.165, 1.54) is 0 Å². The topological polar surface area (TPSA) is 29.5 Å². The second-order valence-electron chi connectivity index (χ2n) is 4.51. The van der Waals surface area contributed by atoms with Gasteiger partial charge in [0.15, 0.2) is 0 Å². The van der Waals surface area contributed by atoms with Gasteiger partial charge in [-0.1, -0.05) is 6.42 Å². The second-order valence-corrected chi connectivity index (χ2v) is 4.51. The average molecular weight is 195 g/mol. The van der Waals surface area contributed by atoms with Crippen LogP contribution in [0, 0.1) is 12.5 Å². The molecule has 0 aromatic carbocycles. The van der Waals surface area contributed by atoms with Crippen LogP contribution >= 0.6 is 0 Å². The van der Waals surface area contributed by atoms with Crippen LogP contribution in [0.5, 0.6) is 0 Å². The van der Waals surface area contributed by atoms with Crippen molar-refractivity contribution in [3.05, 3.63) is 0 Å². The van der Waals surface area contributed by atoms with Gasteiger partial charge in [0.1, 0.15) is 11.6 Å². The molecule has 1 fully saturated rings. The zero-order chi connectivity index (χ0) is 10.8. The number of carbonyl (C=O) groups excluding carboxylic acids is 1. The zero-order valence-electron chi connectivity index (χ0n) is 9.04. The third kappa shape index (κ3) is 2.66. The van der Waals surface area contributed by atoms with E-state index in [9.17, 15) is 4.79 Å². The first kappa shape index (κ1) is 10.9. The zero-order valence-corrected chi connectivity index (χ0v) is 9.04. The predicted molar refractivity (Wildman–Crippen MR) is 54.4 cm³/mol. The van der Waals surface area contributed by atoms with Crippen LogP contribution in [0.1, 0.15) is 33.6 Å². The maximum atomic E-state index is 11.7. The number of esters is 1. The summed E-state index contributed by atoms with van der Waals surface area (Å²) in [6.45, 7) is 6.38. The molecule has 0 bridgehead atoms. The van der Waals surface area contributed by atoms with E-state index in [4.69, 9.17) is 11.2 Å². The van der Waals surface area contributed by atoms with Gasteiger partial charge < -0.3 is 9.64 Å². The SMILES string of the molecule is C#CN1CCCC1C(=O)OC(C)(C)C. The Bertz CT molecular complexity index is 259. The molecule has 0 aromatic heterocycles. The van der Waals surface area contributed by atoms with E-state index >= 15 is 0 Å². The van der Waals surface area contributed by atoms with E-state index in [2.05, 4.69) is 6.04 Å². The van der Waals surface area contributed by atoms with E-state index < -0.39 is 5.60 Å². The number of ether oxygens (including phenoxy) is 1. The molecular weight excluding hydrogens is 178 g/mol. The van der Waals surface area contributed by atoms with Crippen LogP contribution in [-0.2, 0) is 9.53 Å². The Morgan fingerprint density at radius 2 is 2.21 bits per heavy atom. The smallest absolute Gasteiger partial charge is 0.329 e. The van der Waals surface area contributed by atoms with Gasteiger partial charge in [0, 0.05) is 12.6 Å². The van der Waals surface area contributed by atoms with Crippen LogP contribution in [0.25, 0.3) is 0 Å². The molecule has 14 heavy (non-hydrogen) atoms. The number of rotatable bonds is 1. The molecule has 1 atom stereocenters. The Labute approximate surface area is 85.4 Å². The quantitative estimate of drug-likeness (QED) is 0.467. The van der Waals surface area contributed by atoms with Crippen molar-refractivity contribution in [2.75, 3.05) is 6.54 Å². The van der Waals surface area contributed by atoms with E-state index in [1.54, 1.807) is 4.90 Å². The molecule has 0 aliphatic carbocycles. The summed E-state index contributed by atoms with van der Waals surface area (Å²) in [5.74, 6) is -0.201. The molecule has 3 nitrogen and oxygen atoms in total. The molecule has 1 heterocycles. The molecule has 1 aliphatic heterocycles. The van der Waals surface area contributed by atoms with Crippen molar-refractivity contribution in [2.45, 2.75) is 45.3 Å². The molecule has 1 aliphatic rings. The normalized spacial score (nSPS) is 21.9. The molecular formula is C11H17NO2. The summed E-state index contributed by atoms with van der Waals surface area (Å²) < 4.78 is 5.28. The van der Waals surface area contributed by atoms with E-state index in [-0.39, 0.29) is 12.0 Å². The Kier molecular flexibility index (Phi) is 3.05. The minimum atomic E-state index is -0.431. The second kappa shape index (κ2) is 3.91. The summed E-state index contributed by atoms with van der Waals surface area (Å²) in [6, 6.07) is 2.28. The minimum absolute atomic E-state index is 0.201. The summed E-state index contributed by atoms with van der Waals surface area (Å²) in [4.78, 5) is 13.4. The van der Waals surface area contributed by atoms with Gasteiger partial charge in [-0.25, -0.2) is 4.79 Å². The predicted octanol–water partition coefficient (Wildman–Crippen LogP) is 1.38. The summed E-state index contributed by atoms with van der Waals surface area (Å²) in [6.07, 6.45) is 7.06. The molecule has 0 N–H and O–H groups in total. The summed E-state index contributed by atoms with van der Waals surface area (Å²) in [5, 5.41) is 0. The Hall–Kier alpha value is -1.17. The van der Waals surface area contributed by atoms with Crippen molar-refractivity contribution in [2.24, 2.45) is 0 Å². The van der Waals surface area contributed by atoms with Crippen molar-refractivity contribution in [3.8, 4) is 12.5 Å². The van der Waals surface area contributed by atoms with Crippen LogP contribution in [-0.4, -0.2) is 29.1 Å². The number of hydrogen-bond donors (Lipinski definition) is 0. The highest BCUT2D eigenvalue weighted by atomic mass is 16.6. The fourth-order valence-electron chi connectivity index (χ4n) is 1.54. The van der Waals surface area contributed by atoms with E-state index in [0.29, 0.717) is 0 Å². The highest BCUT2D eigenvalue weighted by Gasteiger charge is 2.32. The van der Waals surface area contributed by atoms with Gasteiger partial charge in [-0.05, 0) is 33.6 Å². The Morgan fingerprint density at radius 3 is 2.71 bits per heavy atom. The highest BCUT2D eigenvalue weighted by Crippen LogP contribution is 2.19. The van der Waals surface area contributed by atoms with Crippen molar-refractivity contribution in [1.82, 2.24) is 4.90 Å². The fourth-order valence-corrected chi connectivity index (χ4v) is 1.54. The minimum Gasteiger partial charge on any atom is -0.458 e. The van der Waals surface area contributed by atoms with E-state index in [1.807, 2.05) is 20.8 Å². The standard InChI is InChI=1S/C11H17NO2/c1-5-12-8-6-7-9(12)10(13)14-11(2,3)4/h1,9H,6-8H2,2-4H3. The van der Waals surface area contributed by atoms with Crippen LogP contribution in [0.2, 0.25) is 0 Å². The molecule has 1 unspecified atom stereocenters. The van der Waals surface area contributed by atoms with Crippen LogP contribution < -0.4 is 0 Å². The van der Waals surface area contributed by atoms with Gasteiger partial charge in [0.05, 0.1) is 0 Å². The highest BCUT2D eigenvalue weighted by molar-refractivity contribution is 5.76. The lowest BCUT2D eigenvalue weighted by Gasteiger charge is -2.25. The van der Waals surface area contributed by atoms with Gasteiger partial charge in [-0.15, -0.1) is 0 Å². The number of terminal acetylenes is 1. The molecule has 0 radical (unpaired) electrons. The van der Waals surface area contributed by atoms with Crippen LogP contribution in [0.3, 0.4) is 0 Å². The lowest BCUT2D eigenvalue weighted by atomic mass is 10.1. The van der Waals surface area contributed by atoms with Crippen LogP contribution in [0.15, 0.2) is 0 Å². The summed E-state index contributed by atoms with van der Waals surface area (Å²) >= 11 is 0. The van der Waals surface area contributed by atoms with E-state index in [0.717, 1.165) is 19.4 Å². The molecule has 3 heteroatoms. The van der Waals surface area contributed by atoms with Crippen molar-refractivity contribution in [1.29, 1.82) is 0 Å². The lowest BCUT2D eigenvalue weighted by Crippen LogP contribution is -2.38. The molecule has 0 aromatic rings. The van der Waals surface area contributed by atoms with Crippen molar-refractivity contribution in [3.63, 3.8) is 0 Å². The Balaban J connectivity index is 2.57. The number of hydrogen-bond acceptors (Lipinski definition) is 3. The largest absolute Gasteiger partial charge is 0.458 e.